The van der Waals surface area contributed by atoms with Crippen LogP contribution in [0.2, 0.25) is 0 Å². The van der Waals surface area contributed by atoms with Crippen molar-refractivity contribution in [1.29, 1.82) is 0 Å². The van der Waals surface area contributed by atoms with E-state index in [0.29, 0.717) is 5.69 Å². The molecule has 1 aromatic heterocycles. The lowest BCUT2D eigenvalue weighted by atomic mass is 10.1. The van der Waals surface area contributed by atoms with Crippen LogP contribution < -0.4 is 5.32 Å². The summed E-state index contributed by atoms with van der Waals surface area (Å²) in [7, 11) is 1.61. The predicted molar refractivity (Wildman–Crippen MR) is 56.4 cm³/mol. The molecule has 0 fully saturated rings. The highest BCUT2D eigenvalue weighted by atomic mass is 16.1. The van der Waals surface area contributed by atoms with Gasteiger partial charge in [0.1, 0.15) is 5.69 Å². The maximum Gasteiger partial charge on any atom is 0.269 e. The van der Waals surface area contributed by atoms with Gasteiger partial charge < -0.3 is 5.32 Å². The Morgan fingerprint density at radius 1 is 1.36 bits per heavy atom. The number of carbonyl (C=O) groups excluding carboxylic acids is 1. The molecule has 3 heteroatoms. The zero-order valence-electron chi connectivity index (χ0n) is 8.92. The molecule has 1 rings (SSSR count). The standard InChI is InChI=1S/C11H16N2O/c1-4-8-6-7-10(11(14)12-3)13-9(8)5-2/h6-7H,4-5H2,1-3H3,(H,12,14). The van der Waals surface area contributed by atoms with E-state index in [4.69, 9.17) is 0 Å². The lowest BCUT2D eigenvalue weighted by Gasteiger charge is -2.06. The van der Waals surface area contributed by atoms with Crippen LogP contribution in [0, 0.1) is 0 Å². The van der Waals surface area contributed by atoms with Crippen LogP contribution in [0.25, 0.3) is 0 Å². The first-order chi connectivity index (χ1) is 6.72. The monoisotopic (exact) mass is 192 g/mol. The average Bonchev–Trinajstić information content (AvgIpc) is 2.26. The van der Waals surface area contributed by atoms with E-state index in [2.05, 4.69) is 24.1 Å². The van der Waals surface area contributed by atoms with Gasteiger partial charge in [0, 0.05) is 12.7 Å². The van der Waals surface area contributed by atoms with Crippen LogP contribution in [0.4, 0.5) is 0 Å². The van der Waals surface area contributed by atoms with E-state index in [1.54, 1.807) is 13.1 Å². The van der Waals surface area contributed by atoms with Crippen LogP contribution in [0.5, 0.6) is 0 Å². The fourth-order valence-corrected chi connectivity index (χ4v) is 1.41. The van der Waals surface area contributed by atoms with Gasteiger partial charge in [0.25, 0.3) is 5.91 Å². The molecular formula is C11H16N2O. The van der Waals surface area contributed by atoms with Crippen molar-refractivity contribution >= 4 is 5.91 Å². The molecule has 0 bridgehead atoms. The number of nitrogens with one attached hydrogen (secondary N) is 1. The Bertz CT molecular complexity index is 334. The third kappa shape index (κ3) is 2.10. The molecule has 1 amide bonds. The van der Waals surface area contributed by atoms with E-state index in [1.807, 2.05) is 6.07 Å². The number of amides is 1. The summed E-state index contributed by atoms with van der Waals surface area (Å²) in [6.45, 7) is 4.14. The third-order valence-corrected chi connectivity index (χ3v) is 2.24. The van der Waals surface area contributed by atoms with Gasteiger partial charge in [-0.25, -0.2) is 4.98 Å². The van der Waals surface area contributed by atoms with Crippen LogP contribution in [-0.4, -0.2) is 17.9 Å². The van der Waals surface area contributed by atoms with Crippen LogP contribution in [0.3, 0.4) is 0 Å². The molecule has 0 aliphatic carbocycles. The molecule has 1 N–H and O–H groups in total. The number of rotatable bonds is 3. The van der Waals surface area contributed by atoms with Gasteiger partial charge in [0.2, 0.25) is 0 Å². The first-order valence-electron chi connectivity index (χ1n) is 4.93. The molecule has 0 saturated carbocycles. The molecule has 0 spiro atoms. The Balaban J connectivity index is 3.07. The van der Waals surface area contributed by atoms with E-state index in [0.717, 1.165) is 18.5 Å². The Hall–Kier alpha value is -1.38. The molecule has 76 valence electrons. The normalized spacial score (nSPS) is 9.93. The van der Waals surface area contributed by atoms with E-state index in [9.17, 15) is 4.79 Å². The second-order valence-corrected chi connectivity index (χ2v) is 3.09. The lowest BCUT2D eigenvalue weighted by Crippen LogP contribution is -2.20. The molecule has 0 unspecified atom stereocenters. The van der Waals surface area contributed by atoms with Crippen molar-refractivity contribution in [3.05, 3.63) is 29.1 Å². The van der Waals surface area contributed by atoms with Crippen molar-refractivity contribution in [2.45, 2.75) is 26.7 Å². The highest BCUT2D eigenvalue weighted by Crippen LogP contribution is 2.09. The van der Waals surface area contributed by atoms with Gasteiger partial charge in [0.05, 0.1) is 0 Å². The molecule has 0 aliphatic rings. The fourth-order valence-electron chi connectivity index (χ4n) is 1.41. The molecule has 0 aliphatic heterocycles. The molecule has 3 nitrogen and oxygen atoms in total. The Morgan fingerprint density at radius 2 is 2.07 bits per heavy atom. The van der Waals surface area contributed by atoms with Gasteiger partial charge >= 0.3 is 0 Å². The van der Waals surface area contributed by atoms with E-state index in [1.165, 1.54) is 5.56 Å². The summed E-state index contributed by atoms with van der Waals surface area (Å²) in [5.74, 6) is -0.123. The molecule has 1 aromatic rings. The van der Waals surface area contributed by atoms with Gasteiger partial charge in [0.15, 0.2) is 0 Å². The number of aromatic nitrogens is 1. The molecule has 0 aromatic carbocycles. The molecule has 0 radical (unpaired) electrons. The zero-order chi connectivity index (χ0) is 10.6. The summed E-state index contributed by atoms with van der Waals surface area (Å²) < 4.78 is 0. The maximum absolute atomic E-state index is 11.3. The number of hydrogen-bond acceptors (Lipinski definition) is 2. The van der Waals surface area contributed by atoms with Gasteiger partial charge in [-0.1, -0.05) is 19.9 Å². The number of hydrogen-bond donors (Lipinski definition) is 1. The number of carbonyl (C=O) groups is 1. The summed E-state index contributed by atoms with van der Waals surface area (Å²) in [5, 5.41) is 2.57. The maximum atomic E-state index is 11.3. The minimum absolute atomic E-state index is 0.123. The third-order valence-electron chi connectivity index (χ3n) is 2.24. The summed E-state index contributed by atoms with van der Waals surface area (Å²) >= 11 is 0. The molecule has 14 heavy (non-hydrogen) atoms. The van der Waals surface area contributed by atoms with Gasteiger partial charge in [-0.15, -0.1) is 0 Å². The minimum atomic E-state index is -0.123. The highest BCUT2D eigenvalue weighted by molar-refractivity contribution is 5.92. The average molecular weight is 192 g/mol. The van der Waals surface area contributed by atoms with Crippen molar-refractivity contribution in [3.8, 4) is 0 Å². The summed E-state index contributed by atoms with van der Waals surface area (Å²) in [5.41, 5.74) is 2.75. The van der Waals surface area contributed by atoms with Gasteiger partial charge in [-0.05, 0) is 24.5 Å². The fraction of sp³-hybridized carbons (Fsp3) is 0.455. The first-order valence-corrected chi connectivity index (χ1v) is 4.93. The smallest absolute Gasteiger partial charge is 0.269 e. The van der Waals surface area contributed by atoms with Crippen molar-refractivity contribution < 1.29 is 4.79 Å². The highest BCUT2D eigenvalue weighted by Gasteiger charge is 2.07. The Labute approximate surface area is 84.6 Å². The van der Waals surface area contributed by atoms with Crippen molar-refractivity contribution in [1.82, 2.24) is 10.3 Å². The quantitative estimate of drug-likeness (QED) is 0.789. The van der Waals surface area contributed by atoms with E-state index in [-0.39, 0.29) is 5.91 Å². The van der Waals surface area contributed by atoms with Crippen LogP contribution in [0.1, 0.15) is 35.6 Å². The lowest BCUT2D eigenvalue weighted by molar-refractivity contribution is 0.0958. The molecule has 1 heterocycles. The van der Waals surface area contributed by atoms with Crippen molar-refractivity contribution in [3.63, 3.8) is 0 Å². The Kier molecular flexibility index (Phi) is 3.63. The number of nitrogens with zero attached hydrogens (tertiary/aromatic N) is 1. The number of pyridine rings is 1. The SMILES string of the molecule is CCc1ccc(C(=O)NC)nc1CC. The number of aryl methyl sites for hydroxylation is 2. The van der Waals surface area contributed by atoms with Crippen molar-refractivity contribution in [2.75, 3.05) is 7.05 Å². The predicted octanol–water partition coefficient (Wildman–Crippen LogP) is 1.57. The summed E-state index contributed by atoms with van der Waals surface area (Å²) in [4.78, 5) is 15.6. The van der Waals surface area contributed by atoms with Crippen LogP contribution in [-0.2, 0) is 12.8 Å². The second-order valence-electron chi connectivity index (χ2n) is 3.09. The first kappa shape index (κ1) is 10.7. The zero-order valence-corrected chi connectivity index (χ0v) is 8.92. The summed E-state index contributed by atoms with van der Waals surface area (Å²) in [6.07, 6.45) is 1.83. The molecule has 0 atom stereocenters. The second kappa shape index (κ2) is 4.74. The minimum Gasteiger partial charge on any atom is -0.354 e. The van der Waals surface area contributed by atoms with Crippen molar-refractivity contribution in [2.24, 2.45) is 0 Å². The Morgan fingerprint density at radius 3 is 2.57 bits per heavy atom. The van der Waals surface area contributed by atoms with E-state index >= 15 is 0 Å². The van der Waals surface area contributed by atoms with Gasteiger partial charge in [-0.2, -0.15) is 0 Å². The van der Waals surface area contributed by atoms with E-state index < -0.39 is 0 Å². The summed E-state index contributed by atoms with van der Waals surface area (Å²) in [6, 6.07) is 3.76. The largest absolute Gasteiger partial charge is 0.354 e. The van der Waals surface area contributed by atoms with Crippen LogP contribution >= 0.6 is 0 Å². The topological polar surface area (TPSA) is 42.0 Å². The van der Waals surface area contributed by atoms with Crippen LogP contribution in [0.15, 0.2) is 12.1 Å². The molecular weight excluding hydrogens is 176 g/mol. The van der Waals surface area contributed by atoms with Gasteiger partial charge in [-0.3, -0.25) is 4.79 Å². The molecule has 0 saturated heterocycles.